The fraction of sp³-hybridized carbons (Fsp3) is 0.423. The largest absolute Gasteiger partial charge is 0.497 e. The average Bonchev–Trinajstić information content (AvgIpc) is 3.63. The van der Waals surface area contributed by atoms with E-state index >= 15 is 0 Å². The van der Waals surface area contributed by atoms with Gasteiger partial charge in [-0.05, 0) is 61.3 Å². The summed E-state index contributed by atoms with van der Waals surface area (Å²) in [7, 11) is 3.25. The zero-order valence-corrected chi connectivity index (χ0v) is 21.5. The topological polar surface area (TPSA) is 86.1 Å². The fourth-order valence-electron chi connectivity index (χ4n) is 5.35. The van der Waals surface area contributed by atoms with Crippen molar-refractivity contribution in [2.24, 2.45) is 11.8 Å². The average molecular weight is 514 g/mol. The van der Waals surface area contributed by atoms with Crippen LogP contribution in [0, 0.1) is 11.8 Å². The minimum Gasteiger partial charge on any atom is -0.497 e. The quantitative estimate of drug-likeness (QED) is 0.378. The van der Waals surface area contributed by atoms with Crippen molar-refractivity contribution in [3.05, 3.63) is 40.5 Å². The lowest BCUT2D eigenvalue weighted by molar-refractivity contribution is -0.191. The Labute approximate surface area is 213 Å². The lowest BCUT2D eigenvalue weighted by Crippen LogP contribution is -2.41. The fourth-order valence-corrected chi connectivity index (χ4v) is 6.69. The molecule has 184 valence electrons. The van der Waals surface area contributed by atoms with Crippen molar-refractivity contribution >= 4 is 46.4 Å². The normalized spacial score (nSPS) is 23.9. The summed E-state index contributed by atoms with van der Waals surface area (Å²) < 4.78 is 17.7. The highest BCUT2D eigenvalue weighted by atomic mass is 32.2. The van der Waals surface area contributed by atoms with E-state index in [1.807, 2.05) is 35.2 Å². The Balaban J connectivity index is 0.000000917. The first-order valence-electron chi connectivity index (χ1n) is 11.5. The lowest BCUT2D eigenvalue weighted by atomic mass is 9.94. The number of thioether (sulfide) groups is 1. The van der Waals surface area contributed by atoms with Crippen LogP contribution in [0.5, 0.6) is 11.5 Å². The molecule has 2 heterocycles. The standard InChI is InChI=1S/C25H27NO4S2.CO2/c1-4-15-11-21(17-9-18(28-2)12-19(10-17)29-3)30-22(15)13-23-24(27)26(25(31)32-23)20-8-14-5-6-16(20)7-14;2-1-3/h9-14,16,20H,4-8H2,1-3H3;/b23-13-;. The van der Waals surface area contributed by atoms with E-state index in [2.05, 4.69) is 6.92 Å². The summed E-state index contributed by atoms with van der Waals surface area (Å²) in [5.74, 6) is 4.21. The molecule has 5 rings (SSSR count). The van der Waals surface area contributed by atoms with E-state index in [9.17, 15) is 4.79 Å². The van der Waals surface area contributed by atoms with E-state index in [1.165, 1.54) is 31.0 Å². The third-order valence-electron chi connectivity index (χ3n) is 6.98. The summed E-state index contributed by atoms with van der Waals surface area (Å²) >= 11 is 7.03. The van der Waals surface area contributed by atoms with Crippen LogP contribution in [-0.2, 0) is 20.8 Å². The van der Waals surface area contributed by atoms with Crippen molar-refractivity contribution < 1.29 is 28.3 Å². The summed E-state index contributed by atoms with van der Waals surface area (Å²) in [5, 5.41) is 0. The third kappa shape index (κ3) is 5.08. The molecular formula is C26H27NO6S2. The Morgan fingerprint density at radius 2 is 1.83 bits per heavy atom. The molecule has 35 heavy (non-hydrogen) atoms. The van der Waals surface area contributed by atoms with E-state index < -0.39 is 0 Å². The van der Waals surface area contributed by atoms with E-state index in [1.54, 1.807) is 14.2 Å². The molecule has 3 fully saturated rings. The SMILES string of the molecule is CCc1cc(-c2cc(OC)cc(OC)c2)oc1/C=C1\SC(=S)N(C2CC3CCC2C3)C1=O.O=C=O. The molecule has 2 aromatic rings. The maximum absolute atomic E-state index is 13.3. The van der Waals surface area contributed by atoms with E-state index in [0.717, 1.165) is 29.9 Å². The maximum atomic E-state index is 13.3. The number of rotatable bonds is 6. The maximum Gasteiger partial charge on any atom is 0.373 e. The van der Waals surface area contributed by atoms with Crippen molar-refractivity contribution in [2.45, 2.75) is 45.1 Å². The van der Waals surface area contributed by atoms with Crippen LogP contribution < -0.4 is 9.47 Å². The Kier molecular flexibility index (Phi) is 7.79. The van der Waals surface area contributed by atoms with E-state index in [4.69, 9.17) is 35.7 Å². The van der Waals surface area contributed by atoms with E-state index in [0.29, 0.717) is 38.2 Å². The van der Waals surface area contributed by atoms with Gasteiger partial charge in [0.15, 0.2) is 0 Å². The molecule has 2 bridgehead atoms. The van der Waals surface area contributed by atoms with Crippen LogP contribution in [-0.4, -0.2) is 41.5 Å². The second-order valence-electron chi connectivity index (χ2n) is 8.83. The smallest absolute Gasteiger partial charge is 0.373 e. The molecule has 7 nitrogen and oxygen atoms in total. The van der Waals surface area contributed by atoms with Crippen LogP contribution in [0.25, 0.3) is 17.4 Å². The molecule has 9 heteroatoms. The predicted octanol–water partition coefficient (Wildman–Crippen LogP) is 5.33. The zero-order chi connectivity index (χ0) is 25.1. The van der Waals surface area contributed by atoms with Gasteiger partial charge in [-0.3, -0.25) is 9.69 Å². The molecule has 0 spiro atoms. The number of ether oxygens (including phenoxy) is 2. The van der Waals surface area contributed by atoms with Crippen LogP contribution in [0.4, 0.5) is 0 Å². The van der Waals surface area contributed by atoms with Crippen molar-refractivity contribution in [3.8, 4) is 22.8 Å². The molecule has 1 saturated heterocycles. The number of benzene rings is 1. The van der Waals surface area contributed by atoms with Crippen molar-refractivity contribution in [3.63, 3.8) is 0 Å². The number of nitrogens with zero attached hydrogens (tertiary/aromatic N) is 1. The summed E-state index contributed by atoms with van der Waals surface area (Å²) in [4.78, 5) is 32.1. The lowest BCUT2D eigenvalue weighted by Gasteiger charge is -2.30. The summed E-state index contributed by atoms with van der Waals surface area (Å²) in [6, 6.07) is 7.96. The van der Waals surface area contributed by atoms with Crippen molar-refractivity contribution in [1.29, 1.82) is 0 Å². The van der Waals surface area contributed by atoms with Crippen molar-refractivity contribution in [2.75, 3.05) is 14.2 Å². The number of thiocarbonyl (C=S) groups is 1. The van der Waals surface area contributed by atoms with Gasteiger partial charge < -0.3 is 13.9 Å². The molecule has 1 aromatic heterocycles. The molecule has 1 aliphatic heterocycles. The van der Waals surface area contributed by atoms with Gasteiger partial charge in [0.1, 0.15) is 27.3 Å². The Hall–Kier alpha value is -2.87. The third-order valence-corrected chi connectivity index (χ3v) is 8.31. The number of hydrogen-bond donors (Lipinski definition) is 0. The van der Waals surface area contributed by atoms with Gasteiger partial charge in [0.05, 0.1) is 19.1 Å². The molecule has 0 radical (unpaired) electrons. The van der Waals surface area contributed by atoms with E-state index in [-0.39, 0.29) is 18.1 Å². The molecular weight excluding hydrogens is 486 g/mol. The van der Waals surface area contributed by atoms with Gasteiger partial charge in [-0.1, -0.05) is 37.3 Å². The number of amides is 1. The minimum absolute atomic E-state index is 0.0283. The number of carbonyl (C=O) groups excluding carboxylic acids is 3. The minimum atomic E-state index is 0.0283. The van der Waals surface area contributed by atoms with Gasteiger partial charge in [0.25, 0.3) is 5.91 Å². The molecule has 2 aliphatic carbocycles. The molecule has 1 aromatic carbocycles. The second kappa shape index (κ2) is 10.8. The first kappa shape index (κ1) is 25.2. The Morgan fingerprint density at radius 3 is 2.37 bits per heavy atom. The van der Waals surface area contributed by atoms with Gasteiger partial charge in [0, 0.05) is 23.7 Å². The zero-order valence-electron chi connectivity index (χ0n) is 19.9. The van der Waals surface area contributed by atoms with Gasteiger partial charge in [0.2, 0.25) is 0 Å². The van der Waals surface area contributed by atoms with Crippen LogP contribution >= 0.6 is 24.0 Å². The first-order valence-corrected chi connectivity index (χ1v) is 12.8. The highest BCUT2D eigenvalue weighted by Gasteiger charge is 2.48. The molecule has 1 amide bonds. The van der Waals surface area contributed by atoms with Crippen molar-refractivity contribution in [1.82, 2.24) is 4.90 Å². The monoisotopic (exact) mass is 513 g/mol. The first-order chi connectivity index (χ1) is 16.9. The number of furan rings is 1. The predicted molar refractivity (Wildman–Crippen MR) is 136 cm³/mol. The van der Waals surface area contributed by atoms with Gasteiger partial charge in [-0.2, -0.15) is 9.59 Å². The summed E-state index contributed by atoms with van der Waals surface area (Å²) in [6.45, 7) is 2.08. The summed E-state index contributed by atoms with van der Waals surface area (Å²) in [5.41, 5.74) is 1.91. The second-order valence-corrected chi connectivity index (χ2v) is 10.5. The highest BCUT2D eigenvalue weighted by Crippen LogP contribution is 2.49. The van der Waals surface area contributed by atoms with Gasteiger partial charge >= 0.3 is 6.15 Å². The highest BCUT2D eigenvalue weighted by molar-refractivity contribution is 8.26. The number of hydrogen-bond acceptors (Lipinski definition) is 8. The van der Waals surface area contributed by atoms with Crippen LogP contribution in [0.15, 0.2) is 33.6 Å². The van der Waals surface area contributed by atoms with Crippen LogP contribution in [0.1, 0.15) is 43.9 Å². The summed E-state index contributed by atoms with van der Waals surface area (Å²) in [6.07, 6.45) is 7.77. The molecule has 3 aliphatic rings. The molecule has 0 N–H and O–H groups in total. The number of methoxy groups -OCH3 is 2. The Morgan fingerprint density at radius 1 is 1.14 bits per heavy atom. The number of carbonyl (C=O) groups is 1. The van der Waals surface area contributed by atoms with Crippen LogP contribution in [0.2, 0.25) is 0 Å². The molecule has 2 saturated carbocycles. The molecule has 3 atom stereocenters. The van der Waals surface area contributed by atoms with Gasteiger partial charge in [-0.25, -0.2) is 0 Å². The number of fused-ring (bicyclic) bond motifs is 2. The number of aryl methyl sites for hydroxylation is 1. The molecule has 3 unspecified atom stereocenters. The Bertz CT molecular complexity index is 1170. The van der Waals surface area contributed by atoms with Gasteiger partial charge in [-0.15, -0.1) is 0 Å². The van der Waals surface area contributed by atoms with Crippen LogP contribution in [0.3, 0.4) is 0 Å².